The highest BCUT2D eigenvalue weighted by Crippen LogP contribution is 1.97. The van der Waals surface area contributed by atoms with Gasteiger partial charge in [0.25, 0.3) is 0 Å². The molecule has 0 aliphatic heterocycles. The minimum Gasteiger partial charge on any atom is -0.463 e. The molecule has 6 nitrogen and oxygen atoms in total. The van der Waals surface area contributed by atoms with Crippen molar-refractivity contribution >= 4 is 17.7 Å². The second-order valence-corrected chi connectivity index (χ2v) is 3.78. The topological polar surface area (TPSA) is 75.7 Å². The van der Waals surface area contributed by atoms with E-state index in [-0.39, 0.29) is 37.7 Å². The second kappa shape index (κ2) is 8.69. The molecule has 6 heteroatoms. The first-order chi connectivity index (χ1) is 7.97. The van der Waals surface area contributed by atoms with Gasteiger partial charge in [-0.15, -0.1) is 0 Å². The van der Waals surface area contributed by atoms with E-state index in [9.17, 15) is 14.4 Å². The molecule has 0 fully saturated rings. The number of ketones is 1. The molecule has 0 bridgehead atoms. The maximum Gasteiger partial charge on any atom is 0.325 e. The monoisotopic (exact) mass is 244 g/mol. The van der Waals surface area contributed by atoms with Crippen LogP contribution >= 0.6 is 0 Å². The van der Waals surface area contributed by atoms with Crippen molar-refractivity contribution in [1.82, 2.24) is 10.2 Å². The van der Waals surface area contributed by atoms with E-state index in [2.05, 4.69) is 5.32 Å². The van der Waals surface area contributed by atoms with Crippen LogP contribution in [-0.4, -0.2) is 56.4 Å². The van der Waals surface area contributed by atoms with E-state index in [1.54, 1.807) is 7.05 Å². The van der Waals surface area contributed by atoms with E-state index < -0.39 is 5.97 Å². The van der Waals surface area contributed by atoms with Crippen LogP contribution in [0.15, 0.2) is 0 Å². The maximum atomic E-state index is 11.5. The number of nitrogens with one attached hydrogen (secondary N) is 1. The third kappa shape index (κ3) is 8.38. The summed E-state index contributed by atoms with van der Waals surface area (Å²) in [5.41, 5.74) is 0. The van der Waals surface area contributed by atoms with Gasteiger partial charge >= 0.3 is 5.97 Å². The molecule has 98 valence electrons. The van der Waals surface area contributed by atoms with Crippen LogP contribution in [0.3, 0.4) is 0 Å². The van der Waals surface area contributed by atoms with E-state index in [1.165, 1.54) is 18.9 Å². The Morgan fingerprint density at radius 1 is 1.24 bits per heavy atom. The molecule has 0 unspecified atom stereocenters. The Labute approximate surface area is 101 Å². The third-order valence-corrected chi connectivity index (χ3v) is 2.10. The van der Waals surface area contributed by atoms with Gasteiger partial charge in [-0.3, -0.25) is 9.59 Å². The fourth-order valence-corrected chi connectivity index (χ4v) is 1.07. The molecule has 0 rings (SSSR count). The molecule has 0 spiro atoms. The van der Waals surface area contributed by atoms with Crippen LogP contribution in [0.1, 0.15) is 19.8 Å². The molecule has 0 atom stereocenters. The normalized spacial score (nSPS) is 9.82. The van der Waals surface area contributed by atoms with Gasteiger partial charge in [0, 0.05) is 26.4 Å². The Balaban J connectivity index is 3.82. The van der Waals surface area contributed by atoms with E-state index in [1.807, 2.05) is 0 Å². The van der Waals surface area contributed by atoms with Crippen molar-refractivity contribution in [3.63, 3.8) is 0 Å². The lowest BCUT2D eigenvalue weighted by atomic mass is 10.2. The second-order valence-electron chi connectivity index (χ2n) is 3.78. The molecule has 1 N–H and O–H groups in total. The number of amides is 1. The summed E-state index contributed by atoms with van der Waals surface area (Å²) in [6, 6.07) is 0. The zero-order valence-electron chi connectivity index (χ0n) is 10.6. The van der Waals surface area contributed by atoms with Crippen molar-refractivity contribution in [3.8, 4) is 0 Å². The van der Waals surface area contributed by atoms with Crippen molar-refractivity contribution in [1.29, 1.82) is 0 Å². The third-order valence-electron chi connectivity index (χ3n) is 2.10. The van der Waals surface area contributed by atoms with Gasteiger partial charge in [0.1, 0.15) is 18.9 Å². The van der Waals surface area contributed by atoms with Crippen molar-refractivity contribution in [2.24, 2.45) is 0 Å². The highest BCUT2D eigenvalue weighted by molar-refractivity contribution is 5.85. The number of carbonyl (C=O) groups is 3. The smallest absolute Gasteiger partial charge is 0.325 e. The molecule has 0 saturated heterocycles. The molecule has 17 heavy (non-hydrogen) atoms. The van der Waals surface area contributed by atoms with Gasteiger partial charge in [-0.1, -0.05) is 0 Å². The van der Waals surface area contributed by atoms with Crippen LogP contribution in [0.2, 0.25) is 0 Å². The molecular formula is C11H20N2O4. The molecule has 0 saturated carbocycles. The zero-order chi connectivity index (χ0) is 13.3. The summed E-state index contributed by atoms with van der Waals surface area (Å²) in [6.45, 7) is 2.21. The Hall–Kier alpha value is -1.43. The molecular weight excluding hydrogens is 224 g/mol. The van der Waals surface area contributed by atoms with Gasteiger partial charge < -0.3 is 19.7 Å². The summed E-state index contributed by atoms with van der Waals surface area (Å²) in [6.07, 6.45) is 0.341. The molecule has 1 amide bonds. The number of carbonyl (C=O) groups excluding carboxylic acids is 3. The van der Waals surface area contributed by atoms with Gasteiger partial charge in [-0.2, -0.15) is 0 Å². The highest BCUT2D eigenvalue weighted by Gasteiger charge is 2.13. The molecule has 0 aromatic carbocycles. The summed E-state index contributed by atoms with van der Waals surface area (Å²) < 4.78 is 4.87. The largest absolute Gasteiger partial charge is 0.463 e. The summed E-state index contributed by atoms with van der Waals surface area (Å²) in [5, 5.41) is 2.84. The molecule has 0 radical (unpaired) electrons. The number of hydrogen-bond donors (Lipinski definition) is 1. The SMILES string of the molecule is CNCCOC(=O)CN(C)C(=O)CCC(C)=O. The lowest BCUT2D eigenvalue weighted by molar-refractivity contribution is -0.148. The zero-order valence-corrected chi connectivity index (χ0v) is 10.6. The van der Waals surface area contributed by atoms with Crippen LogP contribution < -0.4 is 5.32 Å². The number of nitrogens with zero attached hydrogens (tertiary/aromatic N) is 1. The van der Waals surface area contributed by atoms with E-state index in [4.69, 9.17) is 4.74 Å². The minimum absolute atomic E-state index is 0.0386. The van der Waals surface area contributed by atoms with Crippen LogP contribution in [0, 0.1) is 0 Å². The molecule has 0 aromatic heterocycles. The lowest BCUT2D eigenvalue weighted by Crippen LogP contribution is -2.33. The molecule has 0 heterocycles. The van der Waals surface area contributed by atoms with E-state index >= 15 is 0 Å². The molecule has 0 aliphatic rings. The van der Waals surface area contributed by atoms with E-state index in [0.717, 1.165) is 0 Å². The minimum atomic E-state index is -0.445. The van der Waals surface area contributed by atoms with Crippen molar-refractivity contribution < 1.29 is 19.1 Å². The Bertz CT molecular complexity index is 279. The first-order valence-electron chi connectivity index (χ1n) is 5.51. The predicted octanol–water partition coefficient (Wildman–Crippen LogP) is -0.423. The Kier molecular flexibility index (Phi) is 7.96. The number of rotatable bonds is 8. The van der Waals surface area contributed by atoms with Gasteiger partial charge in [0.05, 0.1) is 0 Å². The van der Waals surface area contributed by atoms with Crippen LogP contribution in [0.5, 0.6) is 0 Å². The number of esters is 1. The average Bonchev–Trinajstić information content (AvgIpc) is 2.26. The Morgan fingerprint density at radius 2 is 1.88 bits per heavy atom. The first kappa shape index (κ1) is 15.6. The van der Waals surface area contributed by atoms with Crippen LogP contribution in [0.25, 0.3) is 0 Å². The van der Waals surface area contributed by atoms with Gasteiger partial charge in [0.15, 0.2) is 0 Å². The fourth-order valence-electron chi connectivity index (χ4n) is 1.07. The lowest BCUT2D eigenvalue weighted by Gasteiger charge is -2.15. The molecule has 0 aromatic rings. The van der Waals surface area contributed by atoms with Crippen molar-refractivity contribution in [3.05, 3.63) is 0 Å². The maximum absolute atomic E-state index is 11.5. The average molecular weight is 244 g/mol. The number of likely N-dealkylation sites (N-methyl/N-ethyl adjacent to an activating group) is 2. The Morgan fingerprint density at radius 3 is 2.41 bits per heavy atom. The molecule has 0 aliphatic carbocycles. The van der Waals surface area contributed by atoms with Crippen molar-refractivity contribution in [2.45, 2.75) is 19.8 Å². The summed E-state index contributed by atoms with van der Waals surface area (Å²) in [4.78, 5) is 34.7. The first-order valence-corrected chi connectivity index (χ1v) is 5.51. The van der Waals surface area contributed by atoms with E-state index in [0.29, 0.717) is 6.54 Å². The van der Waals surface area contributed by atoms with Gasteiger partial charge in [-0.25, -0.2) is 0 Å². The van der Waals surface area contributed by atoms with Crippen LogP contribution in [0.4, 0.5) is 0 Å². The van der Waals surface area contributed by atoms with Gasteiger partial charge in [0.2, 0.25) is 5.91 Å². The van der Waals surface area contributed by atoms with Crippen LogP contribution in [-0.2, 0) is 19.1 Å². The predicted molar refractivity (Wildman–Crippen MR) is 62.4 cm³/mol. The number of hydrogen-bond acceptors (Lipinski definition) is 5. The number of Topliss-reactive ketones (excluding diaryl/α,β-unsaturated/α-hetero) is 1. The summed E-state index contributed by atoms with van der Waals surface area (Å²) >= 11 is 0. The van der Waals surface area contributed by atoms with Gasteiger partial charge in [-0.05, 0) is 14.0 Å². The summed E-state index contributed by atoms with van der Waals surface area (Å²) in [5.74, 6) is -0.715. The highest BCUT2D eigenvalue weighted by atomic mass is 16.5. The van der Waals surface area contributed by atoms with Crippen molar-refractivity contribution in [2.75, 3.05) is 33.8 Å². The number of ether oxygens (including phenoxy) is 1. The summed E-state index contributed by atoms with van der Waals surface area (Å²) in [7, 11) is 3.27. The quantitative estimate of drug-likeness (QED) is 0.463. The standard InChI is InChI=1S/C11H20N2O4/c1-9(14)4-5-10(15)13(3)8-11(16)17-7-6-12-2/h12H,4-8H2,1-3H3. The fraction of sp³-hybridized carbons (Fsp3) is 0.727.